The Kier molecular flexibility index (Phi) is 14.2. The molecule has 0 saturated carbocycles. The van der Waals surface area contributed by atoms with E-state index < -0.39 is 0 Å². The third-order valence-corrected chi connectivity index (χ3v) is 6.51. The van der Waals surface area contributed by atoms with Crippen LogP contribution in [-0.4, -0.2) is 48.2 Å². The number of fused-ring (bicyclic) bond motifs is 1. The van der Waals surface area contributed by atoms with Gasteiger partial charge < -0.3 is 39.3 Å². The lowest BCUT2D eigenvalue weighted by Crippen LogP contribution is -2.35. The maximum atomic E-state index is 4.93. The van der Waals surface area contributed by atoms with Gasteiger partial charge in [-0.05, 0) is 54.9 Å². The maximum Gasteiger partial charge on any atom is 0.232 e. The molecular formula is C25H53ClN10. The summed E-state index contributed by atoms with van der Waals surface area (Å²) in [5.41, 5.74) is 1.29. The smallest absolute Gasteiger partial charge is 0.232 e. The molecule has 12 N–H and O–H groups in total. The zero-order chi connectivity index (χ0) is 21.0. The molecule has 210 valence electrons. The van der Waals surface area contributed by atoms with E-state index in [1.165, 1.54) is 54.9 Å². The summed E-state index contributed by atoms with van der Waals surface area (Å²) in [5.74, 6) is 2.45. The standard InChI is InChI=1S/C25H32N6.ClH.4H3N.4H2/c1-29(19-21-13-10-12-20-11-4-5-14-22(20)21)23-26-24(30-15-6-2-7-16-30)28-25(27-23)31-17-8-3-9-18-31;;;;;;;;;/h4-5,10-14H,2-3,6-9,15-19H2,1H3;1H;4*1H3;4*1H. The van der Waals surface area contributed by atoms with Crippen LogP contribution in [0.1, 0.15) is 49.8 Å². The van der Waals surface area contributed by atoms with Gasteiger partial charge in [-0.25, -0.2) is 0 Å². The molecule has 0 aliphatic carbocycles. The van der Waals surface area contributed by atoms with E-state index in [2.05, 4.69) is 64.2 Å². The molecular weight excluding hydrogens is 476 g/mol. The summed E-state index contributed by atoms with van der Waals surface area (Å²) in [6.45, 7) is 4.92. The zero-order valence-corrected chi connectivity index (χ0v) is 22.6. The van der Waals surface area contributed by atoms with E-state index in [4.69, 9.17) is 15.0 Å². The second kappa shape index (κ2) is 15.4. The molecule has 2 saturated heterocycles. The summed E-state index contributed by atoms with van der Waals surface area (Å²) in [5, 5.41) is 2.56. The number of piperidine rings is 2. The number of anilines is 3. The predicted octanol–water partition coefficient (Wildman–Crippen LogP) is 6.70. The first-order valence-corrected chi connectivity index (χ1v) is 11.7. The van der Waals surface area contributed by atoms with E-state index in [-0.39, 0.29) is 42.7 Å². The van der Waals surface area contributed by atoms with Gasteiger partial charge in [0, 0.05) is 45.5 Å². The molecule has 36 heavy (non-hydrogen) atoms. The summed E-state index contributed by atoms with van der Waals surface area (Å²) in [7, 11) is 2.09. The molecule has 3 heterocycles. The number of rotatable bonds is 5. The molecule has 2 aliphatic rings. The fourth-order valence-corrected chi connectivity index (χ4v) is 4.74. The molecule has 5 rings (SSSR count). The van der Waals surface area contributed by atoms with Crippen molar-refractivity contribution in [1.29, 1.82) is 0 Å². The minimum Gasteiger partial charge on any atom is -0.344 e. The minimum absolute atomic E-state index is 0. The van der Waals surface area contributed by atoms with E-state index in [0.717, 1.165) is 50.6 Å². The highest BCUT2D eigenvalue weighted by Gasteiger charge is 2.21. The normalized spacial score (nSPS) is 14.8. The molecule has 11 heteroatoms. The van der Waals surface area contributed by atoms with Crippen LogP contribution in [0.25, 0.3) is 10.8 Å². The predicted molar refractivity (Wildman–Crippen MR) is 164 cm³/mol. The van der Waals surface area contributed by atoms with Gasteiger partial charge in [0.15, 0.2) is 0 Å². The SMILES string of the molecule is CN(Cc1cccc2ccccc12)c1nc(N2CCCCC2)nc(N2CCCCC2)n1.Cl.N.N.N.N.[HH].[HH].[HH].[HH]. The van der Waals surface area contributed by atoms with Gasteiger partial charge in [0.2, 0.25) is 17.8 Å². The first-order chi connectivity index (χ1) is 15.3. The van der Waals surface area contributed by atoms with Crippen LogP contribution < -0.4 is 39.3 Å². The summed E-state index contributed by atoms with van der Waals surface area (Å²) < 4.78 is 0. The van der Waals surface area contributed by atoms with Gasteiger partial charge in [0.25, 0.3) is 0 Å². The highest BCUT2D eigenvalue weighted by atomic mass is 35.5. The van der Waals surface area contributed by atoms with Gasteiger partial charge in [-0.2, -0.15) is 15.0 Å². The lowest BCUT2D eigenvalue weighted by molar-refractivity contribution is 0.555. The zero-order valence-electron chi connectivity index (χ0n) is 21.7. The Hall–Kier alpha value is -2.76. The lowest BCUT2D eigenvalue weighted by Gasteiger charge is -2.31. The Morgan fingerprint density at radius 3 is 1.75 bits per heavy atom. The molecule has 0 atom stereocenters. The Labute approximate surface area is 227 Å². The third kappa shape index (κ3) is 7.37. The largest absolute Gasteiger partial charge is 0.344 e. The van der Waals surface area contributed by atoms with Crippen LogP contribution in [0.2, 0.25) is 0 Å². The molecule has 0 unspecified atom stereocenters. The topological polar surface area (TPSA) is 188 Å². The van der Waals surface area contributed by atoms with Gasteiger partial charge in [-0.1, -0.05) is 42.5 Å². The molecule has 0 bridgehead atoms. The Morgan fingerprint density at radius 2 is 1.19 bits per heavy atom. The van der Waals surface area contributed by atoms with Crippen molar-refractivity contribution in [3.8, 4) is 0 Å². The highest BCUT2D eigenvalue weighted by molar-refractivity contribution is 5.86. The first kappa shape index (κ1) is 33.2. The average molecular weight is 529 g/mol. The fourth-order valence-electron chi connectivity index (χ4n) is 4.74. The molecule has 2 aliphatic heterocycles. The van der Waals surface area contributed by atoms with Crippen LogP contribution in [0.15, 0.2) is 42.5 Å². The van der Waals surface area contributed by atoms with Crippen molar-refractivity contribution in [1.82, 2.24) is 39.6 Å². The van der Waals surface area contributed by atoms with Crippen molar-refractivity contribution in [3.05, 3.63) is 48.0 Å². The van der Waals surface area contributed by atoms with Crippen LogP contribution in [0, 0.1) is 0 Å². The van der Waals surface area contributed by atoms with E-state index in [9.17, 15) is 0 Å². The van der Waals surface area contributed by atoms with Crippen molar-refractivity contribution < 1.29 is 5.71 Å². The van der Waals surface area contributed by atoms with Crippen LogP contribution >= 0.6 is 12.4 Å². The summed E-state index contributed by atoms with van der Waals surface area (Å²) in [4.78, 5) is 21.6. The molecule has 0 amide bonds. The van der Waals surface area contributed by atoms with Crippen molar-refractivity contribution in [2.45, 2.75) is 45.1 Å². The van der Waals surface area contributed by atoms with Crippen LogP contribution in [0.5, 0.6) is 0 Å². The van der Waals surface area contributed by atoms with Crippen LogP contribution in [0.3, 0.4) is 0 Å². The highest BCUT2D eigenvalue weighted by Crippen LogP contribution is 2.25. The van der Waals surface area contributed by atoms with Gasteiger partial charge in [-0.15, -0.1) is 12.4 Å². The first-order valence-electron chi connectivity index (χ1n) is 11.7. The second-order valence-electron chi connectivity index (χ2n) is 8.83. The van der Waals surface area contributed by atoms with Gasteiger partial charge in [0.05, 0.1) is 0 Å². The molecule has 3 aromatic rings. The van der Waals surface area contributed by atoms with Crippen LogP contribution in [-0.2, 0) is 6.54 Å². The number of hydrogen-bond donors (Lipinski definition) is 4. The summed E-state index contributed by atoms with van der Waals surface area (Å²) in [6, 6.07) is 15.1. The number of halogens is 1. The van der Waals surface area contributed by atoms with E-state index >= 15 is 0 Å². The fraction of sp³-hybridized carbons (Fsp3) is 0.480. The van der Waals surface area contributed by atoms with Crippen molar-refractivity contribution in [2.75, 3.05) is 47.9 Å². The minimum atomic E-state index is 0. The average Bonchev–Trinajstić information content (AvgIpc) is 2.85. The summed E-state index contributed by atoms with van der Waals surface area (Å²) in [6.07, 6.45) is 7.46. The summed E-state index contributed by atoms with van der Waals surface area (Å²) >= 11 is 0. The molecule has 0 radical (unpaired) electrons. The van der Waals surface area contributed by atoms with E-state index in [1.54, 1.807) is 0 Å². The van der Waals surface area contributed by atoms with Gasteiger partial charge in [-0.3, -0.25) is 0 Å². The lowest BCUT2D eigenvalue weighted by atomic mass is 10.0. The molecule has 2 aromatic carbocycles. The number of aromatic nitrogens is 3. The third-order valence-electron chi connectivity index (χ3n) is 6.51. The van der Waals surface area contributed by atoms with E-state index in [0.29, 0.717) is 0 Å². The maximum absolute atomic E-state index is 4.93. The van der Waals surface area contributed by atoms with Crippen molar-refractivity contribution in [2.24, 2.45) is 0 Å². The second-order valence-corrected chi connectivity index (χ2v) is 8.83. The molecule has 2 fully saturated rings. The quantitative estimate of drug-likeness (QED) is 0.277. The van der Waals surface area contributed by atoms with E-state index in [1.807, 2.05) is 0 Å². The van der Waals surface area contributed by atoms with Crippen molar-refractivity contribution in [3.63, 3.8) is 0 Å². The Balaban J connectivity index is -0.000000454. The Bertz CT molecular complexity index is 1020. The molecule has 0 spiro atoms. The monoisotopic (exact) mass is 528 g/mol. The number of nitrogens with zero attached hydrogens (tertiary/aromatic N) is 6. The Morgan fingerprint density at radius 1 is 0.694 bits per heavy atom. The number of benzene rings is 2. The molecule has 1 aromatic heterocycles. The van der Waals surface area contributed by atoms with Gasteiger partial charge in [0.1, 0.15) is 0 Å². The van der Waals surface area contributed by atoms with Crippen molar-refractivity contribution >= 4 is 41.0 Å². The van der Waals surface area contributed by atoms with Crippen LogP contribution in [0.4, 0.5) is 17.8 Å². The number of hydrogen-bond acceptors (Lipinski definition) is 10. The molecule has 10 nitrogen and oxygen atoms in total. The van der Waals surface area contributed by atoms with Gasteiger partial charge >= 0.3 is 0 Å².